The summed E-state index contributed by atoms with van der Waals surface area (Å²) < 4.78 is 9.39. The van der Waals surface area contributed by atoms with Crippen molar-refractivity contribution >= 4 is 22.4 Å². The van der Waals surface area contributed by atoms with Crippen LogP contribution >= 0.6 is 11.5 Å². The molecular weight excluding hydrogens is 234 g/mol. The van der Waals surface area contributed by atoms with Crippen LogP contribution in [-0.4, -0.2) is 11.5 Å². The molecule has 0 amide bonds. The molecule has 0 bridgehead atoms. The normalized spacial score (nSPS) is 10.2. The van der Waals surface area contributed by atoms with Crippen LogP contribution < -0.4 is 15.8 Å². The highest BCUT2D eigenvalue weighted by atomic mass is 32.1. The molecule has 0 radical (unpaired) electrons. The Morgan fingerprint density at radius 2 is 2.18 bits per heavy atom. The maximum atomic E-state index is 5.70. The Balaban J connectivity index is 2.10. The van der Waals surface area contributed by atoms with Crippen LogP contribution in [-0.2, 0) is 6.54 Å². The summed E-state index contributed by atoms with van der Waals surface area (Å²) >= 11 is 1.38. The van der Waals surface area contributed by atoms with E-state index in [2.05, 4.69) is 9.69 Å². The molecule has 5 heteroatoms. The molecule has 0 aliphatic rings. The number of nitrogens with two attached hydrogens (primary N) is 1. The Morgan fingerprint density at radius 3 is 2.82 bits per heavy atom. The van der Waals surface area contributed by atoms with E-state index in [9.17, 15) is 0 Å². The minimum atomic E-state index is 0.595. The monoisotopic (exact) mass is 249 g/mol. The molecule has 1 aromatic carbocycles. The summed E-state index contributed by atoms with van der Waals surface area (Å²) in [5.41, 5.74) is 7.82. The minimum Gasteiger partial charge on any atom is -0.496 e. The lowest BCUT2D eigenvalue weighted by atomic mass is 10.2. The lowest BCUT2D eigenvalue weighted by Gasteiger charge is -2.09. The number of methoxy groups -OCH3 is 1. The molecule has 0 aliphatic heterocycles. The van der Waals surface area contributed by atoms with Gasteiger partial charge in [-0.2, -0.15) is 4.37 Å². The molecule has 3 N–H and O–H groups in total. The molecule has 0 spiro atoms. The van der Waals surface area contributed by atoms with E-state index in [1.807, 2.05) is 31.2 Å². The van der Waals surface area contributed by atoms with E-state index in [1.165, 1.54) is 11.5 Å². The number of para-hydroxylation sites is 1. The van der Waals surface area contributed by atoms with Gasteiger partial charge < -0.3 is 15.8 Å². The Labute approximate surface area is 105 Å². The second kappa shape index (κ2) is 5.05. The van der Waals surface area contributed by atoms with Crippen molar-refractivity contribution in [3.8, 4) is 5.75 Å². The van der Waals surface area contributed by atoms with E-state index in [4.69, 9.17) is 10.5 Å². The van der Waals surface area contributed by atoms with Gasteiger partial charge in [0.1, 0.15) is 16.6 Å². The zero-order valence-corrected chi connectivity index (χ0v) is 10.7. The van der Waals surface area contributed by atoms with Gasteiger partial charge in [0.25, 0.3) is 0 Å². The van der Waals surface area contributed by atoms with Crippen molar-refractivity contribution in [1.29, 1.82) is 0 Å². The molecule has 0 aliphatic carbocycles. The molecule has 0 unspecified atom stereocenters. The molecule has 0 saturated carbocycles. The summed E-state index contributed by atoms with van der Waals surface area (Å²) in [4.78, 5) is 0. The highest BCUT2D eigenvalue weighted by Crippen LogP contribution is 2.27. The van der Waals surface area contributed by atoms with Crippen molar-refractivity contribution in [2.45, 2.75) is 13.5 Å². The van der Waals surface area contributed by atoms with E-state index in [-0.39, 0.29) is 0 Å². The molecule has 2 aromatic rings. The van der Waals surface area contributed by atoms with Crippen LogP contribution in [0.3, 0.4) is 0 Å². The summed E-state index contributed by atoms with van der Waals surface area (Å²) in [5, 5.41) is 4.33. The predicted molar refractivity (Wildman–Crippen MR) is 71.6 cm³/mol. The van der Waals surface area contributed by atoms with Gasteiger partial charge in [0.15, 0.2) is 0 Å². The summed E-state index contributed by atoms with van der Waals surface area (Å²) in [6, 6.07) is 7.93. The van der Waals surface area contributed by atoms with Crippen molar-refractivity contribution < 1.29 is 4.74 Å². The molecule has 0 atom stereocenters. The summed E-state index contributed by atoms with van der Waals surface area (Å²) in [6.07, 6.45) is 0. The van der Waals surface area contributed by atoms with Gasteiger partial charge in [0.05, 0.1) is 7.11 Å². The van der Waals surface area contributed by atoms with Crippen LogP contribution in [0.2, 0.25) is 0 Å². The zero-order valence-electron chi connectivity index (χ0n) is 9.86. The van der Waals surface area contributed by atoms with E-state index in [1.54, 1.807) is 7.11 Å². The third kappa shape index (κ3) is 2.50. The van der Waals surface area contributed by atoms with Gasteiger partial charge in [-0.3, -0.25) is 0 Å². The second-order valence-electron chi connectivity index (χ2n) is 3.69. The third-order valence-electron chi connectivity index (χ3n) is 2.59. The average Bonchev–Trinajstić information content (AvgIpc) is 2.68. The molecule has 17 heavy (non-hydrogen) atoms. The lowest BCUT2D eigenvalue weighted by Crippen LogP contribution is -2.01. The number of nitrogens with one attached hydrogen (secondary N) is 1. The summed E-state index contributed by atoms with van der Waals surface area (Å²) in [5.74, 6) is 1.48. The lowest BCUT2D eigenvalue weighted by molar-refractivity contribution is 0.410. The summed E-state index contributed by atoms with van der Waals surface area (Å²) in [6.45, 7) is 2.66. The van der Waals surface area contributed by atoms with Crippen LogP contribution in [0.5, 0.6) is 5.75 Å². The van der Waals surface area contributed by atoms with Crippen molar-refractivity contribution in [2.24, 2.45) is 0 Å². The molecule has 1 heterocycles. The first-order valence-electron chi connectivity index (χ1n) is 5.30. The summed E-state index contributed by atoms with van der Waals surface area (Å²) in [7, 11) is 1.68. The van der Waals surface area contributed by atoms with E-state index in [0.717, 1.165) is 21.9 Å². The smallest absolute Gasteiger partial charge is 0.142 e. The quantitative estimate of drug-likeness (QED) is 0.874. The standard InChI is InChI=1S/C12H15N3OS/c1-8-11(13)15-17-12(8)14-7-9-5-3-4-6-10(9)16-2/h3-6,14H,7H2,1-2H3,(H2,13,15). The fourth-order valence-corrected chi connectivity index (χ4v) is 2.24. The number of anilines is 2. The first-order chi connectivity index (χ1) is 8.22. The van der Waals surface area contributed by atoms with E-state index < -0.39 is 0 Å². The maximum Gasteiger partial charge on any atom is 0.142 e. The molecule has 4 nitrogen and oxygen atoms in total. The van der Waals surface area contributed by atoms with Crippen LogP contribution in [0.4, 0.5) is 10.8 Å². The third-order valence-corrected chi connectivity index (χ3v) is 3.51. The molecule has 90 valence electrons. The van der Waals surface area contributed by atoms with E-state index in [0.29, 0.717) is 12.4 Å². The Hall–Kier alpha value is -1.75. The molecule has 1 aromatic heterocycles. The van der Waals surface area contributed by atoms with Crippen molar-refractivity contribution in [1.82, 2.24) is 4.37 Å². The fraction of sp³-hybridized carbons (Fsp3) is 0.250. The number of benzene rings is 1. The molecular formula is C12H15N3OS. The van der Waals surface area contributed by atoms with E-state index >= 15 is 0 Å². The van der Waals surface area contributed by atoms with Gasteiger partial charge in [-0.15, -0.1) is 0 Å². The topological polar surface area (TPSA) is 60.2 Å². The molecule has 2 rings (SSSR count). The molecule has 0 saturated heterocycles. The van der Waals surface area contributed by atoms with Crippen LogP contribution in [0.25, 0.3) is 0 Å². The fourth-order valence-electron chi connectivity index (χ4n) is 1.54. The van der Waals surface area contributed by atoms with Gasteiger partial charge in [-0.25, -0.2) is 0 Å². The highest BCUT2D eigenvalue weighted by molar-refractivity contribution is 7.10. The van der Waals surface area contributed by atoms with Gasteiger partial charge >= 0.3 is 0 Å². The Kier molecular flexibility index (Phi) is 3.49. The van der Waals surface area contributed by atoms with Crippen LogP contribution in [0, 0.1) is 6.92 Å². The first kappa shape index (κ1) is 11.7. The minimum absolute atomic E-state index is 0.595. The van der Waals surface area contributed by atoms with Crippen molar-refractivity contribution in [3.63, 3.8) is 0 Å². The number of aromatic nitrogens is 1. The van der Waals surface area contributed by atoms with Crippen LogP contribution in [0.1, 0.15) is 11.1 Å². The molecule has 0 fully saturated rings. The van der Waals surface area contributed by atoms with Crippen molar-refractivity contribution in [2.75, 3.05) is 18.2 Å². The average molecular weight is 249 g/mol. The van der Waals surface area contributed by atoms with Gasteiger partial charge in [-0.05, 0) is 24.5 Å². The predicted octanol–water partition coefficient (Wildman–Crippen LogP) is 2.65. The number of hydrogen-bond donors (Lipinski definition) is 2. The van der Waals surface area contributed by atoms with Gasteiger partial charge in [-0.1, -0.05) is 18.2 Å². The van der Waals surface area contributed by atoms with Crippen molar-refractivity contribution in [3.05, 3.63) is 35.4 Å². The number of hydrogen-bond acceptors (Lipinski definition) is 5. The van der Waals surface area contributed by atoms with Crippen LogP contribution in [0.15, 0.2) is 24.3 Å². The SMILES string of the molecule is COc1ccccc1CNc1snc(N)c1C. The number of ether oxygens (including phenoxy) is 1. The zero-order chi connectivity index (χ0) is 12.3. The van der Waals surface area contributed by atoms with Gasteiger partial charge in [0.2, 0.25) is 0 Å². The number of nitrogen functional groups attached to an aromatic ring is 1. The Morgan fingerprint density at radius 1 is 1.41 bits per heavy atom. The second-order valence-corrected chi connectivity index (χ2v) is 4.46. The van der Waals surface area contributed by atoms with Gasteiger partial charge in [0, 0.05) is 17.7 Å². The highest BCUT2D eigenvalue weighted by Gasteiger charge is 2.07. The largest absolute Gasteiger partial charge is 0.496 e. The Bertz CT molecular complexity index is 510. The number of nitrogens with zero attached hydrogens (tertiary/aromatic N) is 1. The number of rotatable bonds is 4. The first-order valence-corrected chi connectivity index (χ1v) is 6.07. The maximum absolute atomic E-state index is 5.70.